The summed E-state index contributed by atoms with van der Waals surface area (Å²) in [5.41, 5.74) is 2.25. The number of amides is 1. The van der Waals surface area contributed by atoms with Crippen LogP contribution in [0.2, 0.25) is 0 Å². The van der Waals surface area contributed by atoms with Crippen molar-refractivity contribution < 1.29 is 9.53 Å². The molecular formula is C21H24N4O2. The van der Waals surface area contributed by atoms with Crippen LogP contribution in [0.3, 0.4) is 0 Å². The minimum Gasteiger partial charge on any atom is -0.497 e. The number of rotatable bonds is 5. The molecule has 0 N–H and O–H groups in total. The summed E-state index contributed by atoms with van der Waals surface area (Å²) in [5.74, 6) is 1.06. The van der Waals surface area contributed by atoms with Gasteiger partial charge in [0.15, 0.2) is 0 Å². The van der Waals surface area contributed by atoms with Crippen molar-refractivity contribution in [3.63, 3.8) is 0 Å². The van der Waals surface area contributed by atoms with Crippen LogP contribution in [0, 0.1) is 0 Å². The average molecular weight is 364 g/mol. The molecule has 2 aromatic carbocycles. The Hall–Kier alpha value is -3.02. The number of carbonyl (C=O) groups is 1. The molecule has 6 heteroatoms. The number of ether oxygens (including phenoxy) is 1. The number of nitrogens with zero attached hydrogens (tertiary/aromatic N) is 4. The normalized spacial score (nSPS) is 14.6. The molecule has 1 saturated heterocycles. The number of piperazine rings is 1. The van der Waals surface area contributed by atoms with Gasteiger partial charge in [-0.3, -0.25) is 9.48 Å². The number of carbonyl (C=O) groups excluding carboxylic acids is 1. The van der Waals surface area contributed by atoms with Gasteiger partial charge in [0, 0.05) is 43.7 Å². The molecule has 1 aromatic heterocycles. The van der Waals surface area contributed by atoms with E-state index in [-0.39, 0.29) is 5.91 Å². The Morgan fingerprint density at radius 2 is 1.78 bits per heavy atom. The first-order chi connectivity index (χ1) is 13.2. The van der Waals surface area contributed by atoms with Crippen molar-refractivity contribution in [2.75, 3.05) is 38.2 Å². The SMILES string of the molecule is COc1ccc(N2CCN(C(=O)CCn3ncc4ccccc43)CC2)cc1. The molecule has 2 heterocycles. The third kappa shape index (κ3) is 3.74. The van der Waals surface area contributed by atoms with Gasteiger partial charge in [-0.2, -0.15) is 5.10 Å². The number of hydrogen-bond acceptors (Lipinski definition) is 4. The van der Waals surface area contributed by atoms with Gasteiger partial charge in [0.05, 0.1) is 25.4 Å². The van der Waals surface area contributed by atoms with Crippen LogP contribution < -0.4 is 9.64 Å². The molecule has 0 atom stereocenters. The predicted octanol–water partition coefficient (Wildman–Crippen LogP) is 2.78. The zero-order valence-corrected chi connectivity index (χ0v) is 15.5. The van der Waals surface area contributed by atoms with Crippen molar-refractivity contribution in [1.29, 1.82) is 0 Å². The second-order valence-electron chi connectivity index (χ2n) is 6.74. The lowest BCUT2D eigenvalue weighted by molar-refractivity contribution is -0.131. The highest BCUT2D eigenvalue weighted by molar-refractivity contribution is 5.79. The lowest BCUT2D eigenvalue weighted by Gasteiger charge is -2.36. The smallest absolute Gasteiger partial charge is 0.224 e. The Morgan fingerprint density at radius 1 is 1.04 bits per heavy atom. The van der Waals surface area contributed by atoms with E-state index < -0.39 is 0 Å². The standard InChI is InChI=1S/C21H24N4O2/c1-27-19-8-6-18(7-9-19)23-12-14-24(15-13-23)21(26)10-11-25-20-5-3-2-4-17(20)16-22-25/h2-9,16H,10-15H2,1H3. The fourth-order valence-corrected chi connectivity index (χ4v) is 3.57. The van der Waals surface area contributed by atoms with Gasteiger partial charge in [-0.25, -0.2) is 0 Å². The van der Waals surface area contributed by atoms with Crippen molar-refractivity contribution in [2.24, 2.45) is 0 Å². The summed E-state index contributed by atoms with van der Waals surface area (Å²) < 4.78 is 7.13. The number of benzene rings is 2. The van der Waals surface area contributed by atoms with Crippen molar-refractivity contribution in [1.82, 2.24) is 14.7 Å². The van der Waals surface area contributed by atoms with Crippen molar-refractivity contribution in [3.05, 3.63) is 54.7 Å². The summed E-state index contributed by atoms with van der Waals surface area (Å²) in [6.45, 7) is 3.83. The van der Waals surface area contributed by atoms with Gasteiger partial charge < -0.3 is 14.5 Å². The summed E-state index contributed by atoms with van der Waals surface area (Å²) in [7, 11) is 1.67. The van der Waals surface area contributed by atoms with Gasteiger partial charge in [-0.15, -0.1) is 0 Å². The van der Waals surface area contributed by atoms with Crippen LogP contribution in [0.25, 0.3) is 10.9 Å². The van der Waals surface area contributed by atoms with E-state index in [1.165, 1.54) is 5.69 Å². The number of aryl methyl sites for hydroxylation is 1. The zero-order valence-electron chi connectivity index (χ0n) is 15.5. The predicted molar refractivity (Wildman–Crippen MR) is 106 cm³/mol. The van der Waals surface area contributed by atoms with E-state index in [1.807, 2.05) is 52.2 Å². The molecule has 0 saturated carbocycles. The Morgan fingerprint density at radius 3 is 2.52 bits per heavy atom. The third-order valence-corrected chi connectivity index (χ3v) is 5.16. The first-order valence-electron chi connectivity index (χ1n) is 9.32. The molecule has 27 heavy (non-hydrogen) atoms. The van der Waals surface area contributed by atoms with E-state index in [0.29, 0.717) is 13.0 Å². The van der Waals surface area contributed by atoms with E-state index >= 15 is 0 Å². The maximum atomic E-state index is 12.6. The minimum absolute atomic E-state index is 0.198. The molecule has 0 aliphatic carbocycles. The third-order valence-electron chi connectivity index (χ3n) is 5.16. The Kier molecular flexibility index (Phi) is 4.96. The Bertz CT molecular complexity index is 911. The van der Waals surface area contributed by atoms with Crippen LogP contribution in [0.5, 0.6) is 5.75 Å². The van der Waals surface area contributed by atoms with Crippen LogP contribution in [0.1, 0.15) is 6.42 Å². The summed E-state index contributed by atoms with van der Waals surface area (Å²) in [5, 5.41) is 5.52. The molecule has 0 spiro atoms. The number of methoxy groups -OCH3 is 1. The number of hydrogen-bond donors (Lipinski definition) is 0. The molecule has 1 aliphatic rings. The van der Waals surface area contributed by atoms with Crippen LogP contribution in [-0.4, -0.2) is 53.9 Å². The van der Waals surface area contributed by atoms with E-state index in [2.05, 4.69) is 22.1 Å². The van der Waals surface area contributed by atoms with E-state index in [4.69, 9.17) is 4.74 Å². The molecule has 6 nitrogen and oxygen atoms in total. The van der Waals surface area contributed by atoms with Crippen molar-refractivity contribution in [2.45, 2.75) is 13.0 Å². The highest BCUT2D eigenvalue weighted by Gasteiger charge is 2.21. The highest BCUT2D eigenvalue weighted by atomic mass is 16.5. The molecule has 4 rings (SSSR count). The molecule has 3 aromatic rings. The van der Waals surface area contributed by atoms with Gasteiger partial charge >= 0.3 is 0 Å². The maximum Gasteiger partial charge on any atom is 0.224 e. The van der Waals surface area contributed by atoms with Gasteiger partial charge in [0.25, 0.3) is 0 Å². The van der Waals surface area contributed by atoms with Gasteiger partial charge in [0.1, 0.15) is 5.75 Å². The first kappa shape index (κ1) is 17.4. The number of aromatic nitrogens is 2. The molecule has 1 fully saturated rings. The minimum atomic E-state index is 0.198. The summed E-state index contributed by atoms with van der Waals surface area (Å²) in [4.78, 5) is 16.9. The van der Waals surface area contributed by atoms with Gasteiger partial charge in [-0.1, -0.05) is 18.2 Å². The van der Waals surface area contributed by atoms with Crippen LogP contribution in [0.15, 0.2) is 54.7 Å². The molecular weight excluding hydrogens is 340 g/mol. The number of anilines is 1. The van der Waals surface area contributed by atoms with Gasteiger partial charge in [0.2, 0.25) is 5.91 Å². The zero-order chi connectivity index (χ0) is 18.6. The maximum absolute atomic E-state index is 12.6. The Labute approximate surface area is 158 Å². The van der Waals surface area contributed by atoms with Crippen molar-refractivity contribution in [3.8, 4) is 5.75 Å². The fourth-order valence-electron chi connectivity index (χ4n) is 3.57. The topological polar surface area (TPSA) is 50.6 Å². The highest BCUT2D eigenvalue weighted by Crippen LogP contribution is 2.21. The quantitative estimate of drug-likeness (QED) is 0.699. The van der Waals surface area contributed by atoms with E-state index in [0.717, 1.165) is 42.8 Å². The molecule has 0 unspecified atom stereocenters. The van der Waals surface area contributed by atoms with E-state index in [1.54, 1.807) is 7.11 Å². The number of para-hydroxylation sites is 1. The van der Waals surface area contributed by atoms with E-state index in [9.17, 15) is 4.79 Å². The molecule has 140 valence electrons. The monoisotopic (exact) mass is 364 g/mol. The summed E-state index contributed by atoms with van der Waals surface area (Å²) >= 11 is 0. The van der Waals surface area contributed by atoms with Crippen LogP contribution >= 0.6 is 0 Å². The molecule has 0 bridgehead atoms. The average Bonchev–Trinajstić information content (AvgIpc) is 3.15. The van der Waals surface area contributed by atoms with Crippen molar-refractivity contribution >= 4 is 22.5 Å². The number of fused-ring (bicyclic) bond motifs is 1. The summed E-state index contributed by atoms with van der Waals surface area (Å²) in [6, 6.07) is 16.2. The first-order valence-corrected chi connectivity index (χ1v) is 9.32. The fraction of sp³-hybridized carbons (Fsp3) is 0.333. The van der Waals surface area contributed by atoms with Crippen LogP contribution in [0.4, 0.5) is 5.69 Å². The van der Waals surface area contributed by atoms with Gasteiger partial charge in [-0.05, 0) is 30.3 Å². The van der Waals surface area contributed by atoms with Crippen LogP contribution in [-0.2, 0) is 11.3 Å². The molecule has 1 amide bonds. The lowest BCUT2D eigenvalue weighted by atomic mass is 10.2. The summed E-state index contributed by atoms with van der Waals surface area (Å²) in [6.07, 6.45) is 2.33. The second kappa shape index (κ2) is 7.70. The molecule has 0 radical (unpaired) electrons. The largest absolute Gasteiger partial charge is 0.497 e. The second-order valence-corrected chi connectivity index (χ2v) is 6.74. The Balaban J connectivity index is 1.30. The lowest BCUT2D eigenvalue weighted by Crippen LogP contribution is -2.49. The molecule has 1 aliphatic heterocycles.